The minimum Gasteiger partial charge on any atom is -0.505 e. The summed E-state index contributed by atoms with van der Waals surface area (Å²) in [6.07, 6.45) is -4.60. The number of carbonyl (C=O) groups is 2. The molecule has 208 valence electrons. The smallest absolute Gasteiger partial charge is 0.416 e. The molecule has 0 bridgehead atoms. The van der Waals surface area contributed by atoms with Crippen molar-refractivity contribution in [1.29, 1.82) is 0 Å². The van der Waals surface area contributed by atoms with Crippen LogP contribution in [-0.2, 0) is 11.0 Å². The molecular weight excluding hydrogens is 533 g/mol. The van der Waals surface area contributed by atoms with E-state index in [1.165, 1.54) is 23.1 Å². The van der Waals surface area contributed by atoms with Crippen LogP contribution in [0.15, 0.2) is 84.6 Å². The molecule has 5 rings (SSSR count). The van der Waals surface area contributed by atoms with Gasteiger partial charge in [-0.1, -0.05) is 36.4 Å². The highest BCUT2D eigenvalue weighted by molar-refractivity contribution is 6.35. The van der Waals surface area contributed by atoms with Crippen molar-refractivity contribution in [2.75, 3.05) is 10.2 Å². The molecule has 0 aliphatic carbocycles. The zero-order valence-electron chi connectivity index (χ0n) is 22.3. The van der Waals surface area contributed by atoms with Gasteiger partial charge in [-0.25, -0.2) is 4.79 Å². The first kappa shape index (κ1) is 27.5. The lowest BCUT2D eigenvalue weighted by atomic mass is 10.0. The Morgan fingerprint density at radius 2 is 1.56 bits per heavy atom. The van der Waals surface area contributed by atoms with Gasteiger partial charge in [0.05, 0.1) is 28.1 Å². The second-order valence-corrected chi connectivity index (χ2v) is 9.93. The molecule has 0 saturated carbocycles. The zero-order valence-corrected chi connectivity index (χ0v) is 22.3. The number of aryl methyl sites for hydroxylation is 2. The summed E-state index contributed by atoms with van der Waals surface area (Å²) in [7, 11) is 0. The molecule has 0 atom stereocenters. The fourth-order valence-electron chi connectivity index (χ4n) is 5.10. The van der Waals surface area contributed by atoms with Gasteiger partial charge >= 0.3 is 12.1 Å². The van der Waals surface area contributed by atoms with Gasteiger partial charge in [-0.3, -0.25) is 9.69 Å². The molecule has 0 fully saturated rings. The monoisotopic (exact) mass is 558 g/mol. The number of benzene rings is 4. The zero-order chi connectivity index (χ0) is 29.6. The molecule has 1 heterocycles. The number of aromatic hydroxyl groups is 1. The summed E-state index contributed by atoms with van der Waals surface area (Å²) < 4.78 is 41.0. The number of fused-ring (bicyclic) bond motifs is 1. The Balaban J connectivity index is 1.62. The Labute approximate surface area is 234 Å². The van der Waals surface area contributed by atoms with Gasteiger partial charge in [-0.15, -0.1) is 0 Å². The summed E-state index contributed by atoms with van der Waals surface area (Å²) in [6, 6.07) is 19.5. The van der Waals surface area contributed by atoms with E-state index in [4.69, 9.17) is 0 Å². The minimum absolute atomic E-state index is 0.0522. The molecular formula is C32H25F3N2O4. The van der Waals surface area contributed by atoms with Crippen molar-refractivity contribution in [2.45, 2.75) is 26.9 Å². The Morgan fingerprint density at radius 3 is 2.22 bits per heavy atom. The number of amides is 1. The number of anilines is 3. The predicted octanol–water partition coefficient (Wildman–Crippen LogP) is 7.91. The average Bonchev–Trinajstić information content (AvgIpc) is 3.20. The maximum Gasteiger partial charge on any atom is 0.416 e. The molecule has 9 heteroatoms. The molecule has 1 aliphatic heterocycles. The Bertz CT molecular complexity index is 1740. The number of nitrogens with zero attached hydrogens (tertiary/aromatic N) is 1. The van der Waals surface area contributed by atoms with Crippen LogP contribution in [0, 0.1) is 13.8 Å². The van der Waals surface area contributed by atoms with Gasteiger partial charge in [-0.05, 0) is 79.9 Å². The fourth-order valence-corrected chi connectivity index (χ4v) is 5.10. The number of hydrogen-bond acceptors (Lipinski definition) is 4. The number of nitrogens with one attached hydrogen (secondary N) is 1. The Kier molecular flexibility index (Phi) is 6.82. The summed E-state index contributed by atoms with van der Waals surface area (Å²) in [5, 5.41) is 23.5. The summed E-state index contributed by atoms with van der Waals surface area (Å²) >= 11 is 0. The van der Waals surface area contributed by atoms with E-state index in [1.807, 2.05) is 19.9 Å². The summed E-state index contributed by atoms with van der Waals surface area (Å²) in [5.41, 5.74) is 3.28. The molecule has 3 N–H and O–H groups in total. The second kappa shape index (κ2) is 10.2. The van der Waals surface area contributed by atoms with E-state index in [1.54, 1.807) is 49.4 Å². The van der Waals surface area contributed by atoms with Gasteiger partial charge in [0.25, 0.3) is 5.91 Å². The third kappa shape index (κ3) is 5.14. The van der Waals surface area contributed by atoms with Gasteiger partial charge in [0.15, 0.2) is 0 Å². The van der Waals surface area contributed by atoms with Gasteiger partial charge in [0, 0.05) is 22.5 Å². The van der Waals surface area contributed by atoms with E-state index < -0.39 is 23.6 Å². The molecule has 1 aliphatic rings. The highest BCUT2D eigenvalue weighted by Crippen LogP contribution is 2.46. The first-order chi connectivity index (χ1) is 19.3. The number of allylic oxidation sites excluding steroid dienone is 1. The van der Waals surface area contributed by atoms with Crippen LogP contribution in [-0.4, -0.2) is 22.1 Å². The van der Waals surface area contributed by atoms with E-state index in [2.05, 4.69) is 5.32 Å². The maximum atomic E-state index is 13.9. The van der Waals surface area contributed by atoms with E-state index >= 15 is 0 Å². The third-order valence-corrected chi connectivity index (χ3v) is 6.87. The van der Waals surface area contributed by atoms with Crippen LogP contribution in [0.3, 0.4) is 0 Å². The number of rotatable bonds is 5. The van der Waals surface area contributed by atoms with Crippen LogP contribution in [0.4, 0.5) is 30.2 Å². The van der Waals surface area contributed by atoms with Crippen LogP contribution in [0.1, 0.15) is 39.5 Å². The van der Waals surface area contributed by atoms with E-state index in [0.29, 0.717) is 28.1 Å². The summed E-state index contributed by atoms with van der Waals surface area (Å²) in [6.45, 7) is 5.29. The molecule has 1 amide bonds. The SMILES string of the molecule is C/C(Nc1cccc(-c2cccc(C(=O)O)c2)c1O)=C1/C(=O)N(c2cc(C)cc(C)c2)c2cc(C(F)(F)F)ccc21. The number of para-hydroxylation sites is 1. The third-order valence-electron chi connectivity index (χ3n) is 6.87. The molecule has 4 aromatic carbocycles. The van der Waals surface area contributed by atoms with Crippen molar-refractivity contribution in [3.63, 3.8) is 0 Å². The van der Waals surface area contributed by atoms with Crippen LogP contribution >= 0.6 is 0 Å². The van der Waals surface area contributed by atoms with Gasteiger partial charge < -0.3 is 15.5 Å². The largest absolute Gasteiger partial charge is 0.505 e. The topological polar surface area (TPSA) is 89.9 Å². The highest BCUT2D eigenvalue weighted by Gasteiger charge is 2.39. The molecule has 0 saturated heterocycles. The number of phenols is 1. The number of phenolic OH excluding ortho intramolecular Hbond substituents is 1. The van der Waals surface area contributed by atoms with E-state index in [0.717, 1.165) is 23.3 Å². The molecule has 41 heavy (non-hydrogen) atoms. The van der Waals surface area contributed by atoms with Crippen molar-refractivity contribution in [3.8, 4) is 16.9 Å². The average molecular weight is 559 g/mol. The first-order valence-corrected chi connectivity index (χ1v) is 12.6. The number of carbonyl (C=O) groups excluding carboxylic acids is 1. The molecule has 0 radical (unpaired) electrons. The van der Waals surface area contributed by atoms with Crippen LogP contribution in [0.2, 0.25) is 0 Å². The molecule has 0 aromatic heterocycles. The normalized spacial score (nSPS) is 14.2. The Hall–Kier alpha value is -5.05. The van der Waals surface area contributed by atoms with Crippen molar-refractivity contribution in [1.82, 2.24) is 0 Å². The lowest BCUT2D eigenvalue weighted by Crippen LogP contribution is -2.22. The first-order valence-electron chi connectivity index (χ1n) is 12.6. The summed E-state index contributed by atoms with van der Waals surface area (Å²) in [4.78, 5) is 26.6. The highest BCUT2D eigenvalue weighted by atomic mass is 19.4. The predicted molar refractivity (Wildman–Crippen MR) is 151 cm³/mol. The number of carboxylic acids is 1. The van der Waals surface area contributed by atoms with Crippen molar-refractivity contribution in [3.05, 3.63) is 112 Å². The van der Waals surface area contributed by atoms with Crippen molar-refractivity contribution < 1.29 is 33.0 Å². The van der Waals surface area contributed by atoms with E-state index in [-0.39, 0.29) is 28.3 Å². The van der Waals surface area contributed by atoms with Gasteiger partial charge in [0.1, 0.15) is 5.75 Å². The van der Waals surface area contributed by atoms with E-state index in [9.17, 15) is 33.0 Å². The molecule has 0 spiro atoms. The van der Waals surface area contributed by atoms with Gasteiger partial charge in [-0.2, -0.15) is 13.2 Å². The van der Waals surface area contributed by atoms with Crippen LogP contribution in [0.25, 0.3) is 16.7 Å². The standard InChI is InChI=1S/C32H25F3N2O4/c1-17-12-18(2)14-23(13-17)37-27-16-22(32(33,34)35)10-11-25(27)28(30(37)39)19(3)36-26-9-5-8-24(29(26)38)20-6-4-7-21(15-20)31(40)41/h4-16,36,38H,1-3H3,(H,40,41)/b28-19-. The van der Waals surface area contributed by atoms with Crippen molar-refractivity contribution >= 4 is 34.5 Å². The number of hydrogen-bond donors (Lipinski definition) is 3. The Morgan fingerprint density at radius 1 is 0.878 bits per heavy atom. The van der Waals surface area contributed by atoms with Gasteiger partial charge in [0.2, 0.25) is 0 Å². The fraction of sp³-hybridized carbons (Fsp3) is 0.125. The van der Waals surface area contributed by atoms with Crippen LogP contribution in [0.5, 0.6) is 5.75 Å². The number of alkyl halides is 3. The number of aromatic carboxylic acids is 1. The second-order valence-electron chi connectivity index (χ2n) is 9.93. The molecule has 4 aromatic rings. The summed E-state index contributed by atoms with van der Waals surface area (Å²) in [5.74, 6) is -1.81. The minimum atomic E-state index is -4.60. The lowest BCUT2D eigenvalue weighted by Gasteiger charge is -2.20. The molecule has 6 nitrogen and oxygen atoms in total. The van der Waals surface area contributed by atoms with Crippen molar-refractivity contribution in [2.24, 2.45) is 0 Å². The lowest BCUT2D eigenvalue weighted by molar-refractivity contribution is -0.137. The maximum absolute atomic E-state index is 13.9. The number of halogens is 3. The number of carboxylic acid groups (broad SMARTS) is 1. The molecule has 0 unspecified atom stereocenters. The van der Waals surface area contributed by atoms with Crippen LogP contribution < -0.4 is 10.2 Å². The quantitative estimate of drug-likeness (QED) is 0.171.